The van der Waals surface area contributed by atoms with Crippen LogP contribution in [0.15, 0.2) is 43.0 Å². The number of anilines is 6. The third-order valence-electron chi connectivity index (χ3n) is 22.2. The normalized spacial score (nSPS) is 16.2. The van der Waals surface area contributed by atoms with Crippen LogP contribution in [0.2, 0.25) is 20.5 Å². The van der Waals surface area contributed by atoms with Gasteiger partial charge >= 0.3 is 0 Å². The summed E-state index contributed by atoms with van der Waals surface area (Å²) in [6, 6.07) is 4.95. The van der Waals surface area contributed by atoms with E-state index in [-0.39, 0.29) is 127 Å². The number of nitrogens with one attached hydrogen (secondary N) is 6. The maximum absolute atomic E-state index is 13.9. The van der Waals surface area contributed by atoms with Crippen molar-refractivity contribution in [1.82, 2.24) is 85.5 Å². The third-order valence-corrected chi connectivity index (χ3v) is 23.4. The Morgan fingerprint density at radius 1 is 0.484 bits per heavy atom. The van der Waals surface area contributed by atoms with Gasteiger partial charge in [-0.05, 0) is 89.1 Å². The lowest BCUT2D eigenvalue weighted by Gasteiger charge is -2.26. The number of carbonyl (C=O) groups excluding carboxylic acids is 7. The molecule has 0 spiro atoms. The molecular formula is C85H97Cl4N23O14. The van der Waals surface area contributed by atoms with Crippen molar-refractivity contribution >= 4 is 158 Å². The number of nitrogen functional groups attached to an aromatic ring is 3. The Labute approximate surface area is 745 Å². The topological polar surface area (TPSA) is 468 Å². The Morgan fingerprint density at radius 2 is 0.873 bits per heavy atom. The van der Waals surface area contributed by atoms with Crippen LogP contribution in [0.25, 0.3) is 34.9 Å². The van der Waals surface area contributed by atoms with E-state index in [0.717, 1.165) is 61.5 Å². The molecule has 664 valence electrons. The number of halogens is 4. The maximum atomic E-state index is 13.9. The lowest BCUT2D eigenvalue weighted by Crippen LogP contribution is -2.41. The fourth-order valence-electron chi connectivity index (χ4n) is 15.6. The Hall–Kier alpha value is -12.3. The van der Waals surface area contributed by atoms with E-state index in [4.69, 9.17) is 96.8 Å². The van der Waals surface area contributed by atoms with Gasteiger partial charge in [-0.25, -0.2) is 15.0 Å². The summed E-state index contributed by atoms with van der Waals surface area (Å²) < 4.78 is 38.1. The Kier molecular flexibility index (Phi) is 29.2. The number of likely N-dealkylation sites (tertiary alicyclic amines) is 1. The number of piperidine rings is 1. The Bertz CT molecular complexity index is 5810. The second kappa shape index (κ2) is 40.3. The van der Waals surface area contributed by atoms with E-state index in [1.807, 2.05) is 41.5 Å². The highest BCUT2D eigenvalue weighted by Gasteiger charge is 2.42. The van der Waals surface area contributed by atoms with Crippen molar-refractivity contribution in [3.05, 3.63) is 164 Å². The second-order valence-electron chi connectivity index (χ2n) is 30.2. The number of ether oxygens (including phenoxy) is 7. The SMILES string of the molecule is COc1c(C)cnc(CN2C(=O)/C(=C\c3[nH]c(C)c(C(=O)NCCN4CCOCC4)c3C)c3c(Cl)nc(N)nc32)c1C.COc1c(C)cnc(CN2C(=O)/C(=C\c3cc(C(=O)NCCN4CCC(=O)CC4)c[nH]3)c3c(Cl)nc(N)nc32)c1C.COc1cc(CN2C(=O)/C(=C\c3cc(C(=O)NCCN4CCOCC4)c[nH]3)c3c(Cl)nc(N)nc32)c(Cl)c(OC)c1OC. The number of benzene rings is 1. The summed E-state index contributed by atoms with van der Waals surface area (Å²) in [6.45, 7) is 22.7. The fourth-order valence-corrected chi connectivity index (χ4v) is 16.7. The highest BCUT2D eigenvalue weighted by Crippen LogP contribution is 2.49. The van der Waals surface area contributed by atoms with Crippen LogP contribution in [0.3, 0.4) is 0 Å². The minimum atomic E-state index is -0.423. The number of aromatic nitrogens is 11. The van der Waals surface area contributed by atoms with Crippen molar-refractivity contribution in [2.45, 2.75) is 74.0 Å². The van der Waals surface area contributed by atoms with E-state index < -0.39 is 5.91 Å². The predicted octanol–water partition coefficient (Wildman–Crippen LogP) is 8.24. The first-order chi connectivity index (χ1) is 60.5. The van der Waals surface area contributed by atoms with Gasteiger partial charge in [0, 0.05) is 161 Å². The molecule has 3 fully saturated rings. The van der Waals surface area contributed by atoms with E-state index >= 15 is 0 Å². The van der Waals surface area contributed by atoms with Crippen LogP contribution in [-0.2, 0) is 48.3 Å². The van der Waals surface area contributed by atoms with E-state index in [0.29, 0.717) is 186 Å². The number of pyridine rings is 2. The summed E-state index contributed by atoms with van der Waals surface area (Å²) >= 11 is 26.2. The maximum Gasteiger partial charge on any atom is 0.260 e. The number of methoxy groups -OCH3 is 5. The van der Waals surface area contributed by atoms with Crippen molar-refractivity contribution in [2.24, 2.45) is 0 Å². The van der Waals surface area contributed by atoms with Gasteiger partial charge in [0.2, 0.25) is 23.6 Å². The number of aryl methyl sites for hydroxylation is 3. The molecule has 0 atom stereocenters. The molecule has 6 amide bonds. The van der Waals surface area contributed by atoms with E-state index in [2.05, 4.69) is 85.5 Å². The molecule has 0 radical (unpaired) electrons. The molecule has 15 rings (SSSR count). The van der Waals surface area contributed by atoms with E-state index in [9.17, 15) is 33.6 Å². The average Bonchev–Trinajstić information content (AvgIpc) is 1.61. The molecule has 41 heteroatoms. The highest BCUT2D eigenvalue weighted by molar-refractivity contribution is 6.43. The molecule has 126 heavy (non-hydrogen) atoms. The van der Waals surface area contributed by atoms with Crippen LogP contribution in [0.4, 0.5) is 35.3 Å². The standard InChI is InChI=1S/C29H35ClN8O4.C28H31Cl2N7O6.C28H31ClN8O4/c1-15-13-33-21(17(3)24(15)41-5)14-38-26-23(25(30)35-29(31)36-26)19(28(38)40)12-20-16(2)22(18(4)34-20)27(39)32-6-7-37-8-10-42-11-9-37;1-40-19-11-16(21(29)23(42-3)22(19)41-2)14-37-25-20(24(30)34-28(31)35-25)18(27(37)39)12-17-10-15(13-33-17)26(38)32-4-5-36-6-8-43-9-7-36;1-15-12-33-21(16(2)23(15)41-3)14-37-25-22(24(29)34-28(30)35-25)20(27(37)40)11-18-10-17(13-32-18)26(39)31-6-9-36-7-4-19(38)5-8-36/h12-13,34H,6-11,14H2,1-5H3,(H,32,39)(H2,31,35,36);10-13,33H,4-9,14H2,1-3H3,(H,32,38)(H2,31,34,35);10-13,32H,4-9,14H2,1-3H3,(H,31,39)(H2,30,34,35)/b19-12-;18-12-;20-11-. The highest BCUT2D eigenvalue weighted by atomic mass is 35.5. The van der Waals surface area contributed by atoms with Crippen LogP contribution < -0.4 is 71.5 Å². The quantitative estimate of drug-likeness (QED) is 0.0182. The number of carbonyl (C=O) groups is 7. The number of Topliss-reactive ketones (excluding diaryl/α,β-unsaturated/α-hetero) is 1. The van der Waals surface area contributed by atoms with Gasteiger partial charge in [-0.15, -0.1) is 0 Å². The number of hydrogen-bond donors (Lipinski definition) is 9. The van der Waals surface area contributed by atoms with Gasteiger partial charge in [0.15, 0.2) is 29.0 Å². The second-order valence-corrected chi connectivity index (χ2v) is 31.6. The summed E-state index contributed by atoms with van der Waals surface area (Å²) in [5.41, 5.74) is 29.1. The molecule has 6 aliphatic heterocycles. The molecule has 12 N–H and O–H groups in total. The number of hydrogen-bond acceptors (Lipinski definition) is 28. The van der Waals surface area contributed by atoms with Gasteiger partial charge in [-0.2, -0.15) is 15.0 Å². The van der Waals surface area contributed by atoms with Crippen LogP contribution in [0.1, 0.15) is 128 Å². The first-order valence-corrected chi connectivity index (χ1v) is 41.8. The molecule has 14 heterocycles. The van der Waals surface area contributed by atoms with Crippen molar-refractivity contribution in [3.8, 4) is 28.7 Å². The van der Waals surface area contributed by atoms with Crippen molar-refractivity contribution < 1.29 is 66.7 Å². The molecule has 8 aromatic heterocycles. The largest absolute Gasteiger partial charge is 0.496 e. The lowest BCUT2D eigenvalue weighted by atomic mass is 10.1. The number of H-pyrrole nitrogens is 3. The number of morpholine rings is 2. The molecule has 0 bridgehead atoms. The molecule has 37 nitrogen and oxygen atoms in total. The Morgan fingerprint density at radius 3 is 1.28 bits per heavy atom. The average molecular weight is 1810 g/mol. The van der Waals surface area contributed by atoms with Crippen LogP contribution in [0.5, 0.6) is 28.7 Å². The van der Waals surface area contributed by atoms with Gasteiger partial charge in [0.05, 0.1) is 148 Å². The van der Waals surface area contributed by atoms with Gasteiger partial charge in [0.25, 0.3) is 35.4 Å². The molecule has 0 saturated carbocycles. The van der Waals surface area contributed by atoms with Crippen molar-refractivity contribution in [2.75, 3.05) is 172 Å². The number of nitrogens with zero attached hydrogens (tertiary/aromatic N) is 14. The van der Waals surface area contributed by atoms with Gasteiger partial charge in [-0.1, -0.05) is 46.4 Å². The molecule has 0 aliphatic carbocycles. The monoisotopic (exact) mass is 1800 g/mol. The number of nitrogens with two attached hydrogens (primary N) is 3. The summed E-state index contributed by atoms with van der Waals surface area (Å²) in [6.07, 6.45) is 12.6. The van der Waals surface area contributed by atoms with Crippen molar-refractivity contribution in [3.63, 3.8) is 0 Å². The van der Waals surface area contributed by atoms with Crippen molar-refractivity contribution in [1.29, 1.82) is 0 Å². The van der Waals surface area contributed by atoms with Crippen LogP contribution in [-0.4, -0.2) is 251 Å². The fraction of sp³-hybridized carbons (Fsp3) is 0.376. The molecule has 3 saturated heterocycles. The first-order valence-electron chi connectivity index (χ1n) is 40.3. The van der Waals surface area contributed by atoms with Crippen LogP contribution in [0, 0.1) is 41.5 Å². The summed E-state index contributed by atoms with van der Waals surface area (Å²) in [4.78, 5) is 146. The molecule has 6 aliphatic rings. The number of amides is 6. The molecular weight excluding hydrogens is 1710 g/mol. The number of rotatable bonds is 26. The zero-order valence-corrected chi connectivity index (χ0v) is 74.4. The number of ketones is 1. The summed E-state index contributed by atoms with van der Waals surface area (Å²) in [5, 5.41) is 9.19. The van der Waals surface area contributed by atoms with Gasteiger partial charge in [-0.3, -0.25) is 68.0 Å². The summed E-state index contributed by atoms with van der Waals surface area (Å²) in [7, 11) is 7.59. The molecule has 0 unspecified atom stereocenters. The number of aromatic amines is 3. The minimum absolute atomic E-state index is 0.00762. The first kappa shape index (κ1) is 91.4. The summed E-state index contributed by atoms with van der Waals surface area (Å²) in [5.74, 6) is 1.41. The molecule has 1 aromatic carbocycles. The smallest absolute Gasteiger partial charge is 0.260 e. The predicted molar refractivity (Wildman–Crippen MR) is 477 cm³/mol. The van der Waals surface area contributed by atoms with E-state index in [1.165, 1.54) is 36.0 Å². The van der Waals surface area contributed by atoms with E-state index in [1.54, 1.807) is 75.4 Å². The van der Waals surface area contributed by atoms with Gasteiger partial charge < -0.3 is 86.2 Å². The van der Waals surface area contributed by atoms with Gasteiger partial charge in [0.1, 0.15) is 32.7 Å². The molecule has 9 aromatic rings. The zero-order chi connectivity index (χ0) is 90.1. The lowest BCUT2D eigenvalue weighted by molar-refractivity contribution is -0.121. The minimum Gasteiger partial charge on any atom is -0.496 e. The number of fused-ring (bicyclic) bond motifs is 3. The third kappa shape index (κ3) is 20.0. The zero-order valence-electron chi connectivity index (χ0n) is 71.3. The Balaban J connectivity index is 0.000000162. The van der Waals surface area contributed by atoms with Crippen LogP contribution >= 0.6 is 46.4 Å².